The first-order chi connectivity index (χ1) is 25.1. The predicted molar refractivity (Wildman–Crippen MR) is 227 cm³/mol. The molecule has 0 bridgehead atoms. The molecule has 4 nitrogen and oxygen atoms in total. The van der Waals surface area contributed by atoms with Gasteiger partial charge in [0, 0.05) is 61.7 Å². The molecule has 0 saturated carbocycles. The van der Waals surface area contributed by atoms with Crippen LogP contribution in [0.1, 0.15) is 22.3 Å². The number of rotatable bonds is 8. The van der Waals surface area contributed by atoms with Crippen molar-refractivity contribution in [2.24, 2.45) is 0 Å². The quantitative estimate of drug-likeness (QED) is 0.148. The summed E-state index contributed by atoms with van der Waals surface area (Å²) < 4.78 is 0. The minimum atomic E-state index is 1.14. The Hall–Kier alpha value is -6.00. The molecule has 4 heteroatoms. The highest BCUT2D eigenvalue weighted by Crippen LogP contribution is 2.49. The molecule has 0 aromatic heterocycles. The van der Waals surface area contributed by atoms with E-state index in [4.69, 9.17) is 0 Å². The molecule has 0 saturated heterocycles. The van der Waals surface area contributed by atoms with Gasteiger partial charge in [0.1, 0.15) is 0 Å². The molecule has 0 heterocycles. The molecular weight excluding hydrogens is 633 g/mol. The van der Waals surface area contributed by atoms with E-state index in [0.29, 0.717) is 0 Å². The van der Waals surface area contributed by atoms with Crippen LogP contribution in [0.2, 0.25) is 0 Å². The fourth-order valence-corrected chi connectivity index (χ4v) is 8.05. The summed E-state index contributed by atoms with van der Waals surface area (Å²) in [6.07, 6.45) is 0. The van der Waals surface area contributed by atoms with Crippen molar-refractivity contribution in [1.29, 1.82) is 0 Å². The fraction of sp³-hybridized carbons (Fsp3) is 0.167. The van der Waals surface area contributed by atoms with E-state index in [0.717, 1.165) is 11.4 Å². The number of para-hydroxylation sites is 2. The van der Waals surface area contributed by atoms with Crippen molar-refractivity contribution in [3.63, 3.8) is 0 Å². The summed E-state index contributed by atoms with van der Waals surface area (Å²) in [7, 11) is 8.36. The minimum Gasteiger partial charge on any atom is -0.378 e. The largest absolute Gasteiger partial charge is 0.378 e. The third-order valence-electron chi connectivity index (χ3n) is 10.7. The lowest BCUT2D eigenvalue weighted by Crippen LogP contribution is -2.15. The number of hydrogen-bond acceptors (Lipinski definition) is 4. The molecule has 0 N–H and O–H groups in total. The Morgan fingerprint density at radius 2 is 0.635 bits per heavy atom. The average molecular weight is 679 g/mol. The van der Waals surface area contributed by atoms with Crippen molar-refractivity contribution in [1.82, 2.24) is 0 Å². The van der Waals surface area contributed by atoms with Gasteiger partial charge in [-0.2, -0.15) is 0 Å². The molecule has 0 aliphatic carbocycles. The molecule has 0 fully saturated rings. The maximum Gasteiger partial charge on any atom is 0.0540 e. The molecule has 0 amide bonds. The second kappa shape index (κ2) is 13.0. The molecular formula is C48H46N4. The third kappa shape index (κ3) is 5.47. The average Bonchev–Trinajstić information content (AvgIpc) is 3.14. The Morgan fingerprint density at radius 3 is 0.962 bits per heavy atom. The first kappa shape index (κ1) is 33.2. The number of aryl methyl sites for hydroxylation is 4. The van der Waals surface area contributed by atoms with E-state index >= 15 is 0 Å². The van der Waals surface area contributed by atoms with Gasteiger partial charge in [-0.05, 0) is 132 Å². The summed E-state index contributed by atoms with van der Waals surface area (Å²) >= 11 is 0. The van der Waals surface area contributed by atoms with E-state index in [1.165, 1.54) is 88.7 Å². The van der Waals surface area contributed by atoms with Crippen LogP contribution in [0.5, 0.6) is 0 Å². The zero-order valence-corrected chi connectivity index (χ0v) is 31.5. The number of benzene rings is 8. The Labute approximate surface area is 308 Å². The summed E-state index contributed by atoms with van der Waals surface area (Å²) in [5, 5.41) is 7.54. The van der Waals surface area contributed by atoms with Crippen LogP contribution in [-0.2, 0) is 0 Å². The Balaban J connectivity index is 1.41. The van der Waals surface area contributed by atoms with Gasteiger partial charge >= 0.3 is 0 Å². The second-order valence-corrected chi connectivity index (χ2v) is 14.6. The van der Waals surface area contributed by atoms with Crippen LogP contribution in [0.4, 0.5) is 45.5 Å². The van der Waals surface area contributed by atoms with Crippen LogP contribution < -0.4 is 19.6 Å². The summed E-state index contributed by atoms with van der Waals surface area (Å²) in [4.78, 5) is 9.23. The number of nitrogens with zero attached hydrogens (tertiary/aromatic N) is 4. The molecule has 258 valence electrons. The maximum absolute atomic E-state index is 2.46. The standard InChI is InChI=1S/C48H46N4/c1-31-11-9-12-32(2)47(31)51(39-23-19-37(20-24-39)49(5)6)43-29-17-35-16-28-42-44(30-18-36-15-27-41(43)45(35)46(36)42)52(48-33(3)13-10-14-34(48)4)40-25-21-38(22-26-40)50(7)8/h9-30H,1-8H3. The molecule has 8 rings (SSSR count). The third-order valence-corrected chi connectivity index (χ3v) is 10.7. The lowest BCUT2D eigenvalue weighted by atomic mass is 9.91. The number of hydrogen-bond donors (Lipinski definition) is 0. The normalized spacial score (nSPS) is 11.5. The lowest BCUT2D eigenvalue weighted by molar-refractivity contribution is 1.13. The van der Waals surface area contributed by atoms with Crippen LogP contribution in [0.25, 0.3) is 32.3 Å². The zero-order chi connectivity index (χ0) is 36.3. The van der Waals surface area contributed by atoms with Crippen molar-refractivity contribution in [2.75, 3.05) is 47.8 Å². The van der Waals surface area contributed by atoms with Crippen LogP contribution in [0, 0.1) is 27.7 Å². The first-order valence-electron chi connectivity index (χ1n) is 18.1. The summed E-state index contributed by atoms with van der Waals surface area (Å²) in [6.45, 7) is 8.88. The van der Waals surface area contributed by atoms with Crippen molar-refractivity contribution >= 4 is 77.8 Å². The summed E-state index contributed by atoms with van der Waals surface area (Å²) in [5.74, 6) is 0. The molecule has 0 spiro atoms. The van der Waals surface area contributed by atoms with Crippen molar-refractivity contribution in [3.05, 3.63) is 156 Å². The highest BCUT2D eigenvalue weighted by molar-refractivity contribution is 6.28. The molecule has 52 heavy (non-hydrogen) atoms. The van der Waals surface area contributed by atoms with Crippen molar-refractivity contribution in [3.8, 4) is 0 Å². The zero-order valence-electron chi connectivity index (χ0n) is 31.5. The van der Waals surface area contributed by atoms with Gasteiger partial charge in [-0.25, -0.2) is 0 Å². The van der Waals surface area contributed by atoms with Gasteiger partial charge in [0.2, 0.25) is 0 Å². The van der Waals surface area contributed by atoms with Crippen molar-refractivity contribution < 1.29 is 0 Å². The van der Waals surface area contributed by atoms with Crippen molar-refractivity contribution in [2.45, 2.75) is 27.7 Å². The monoisotopic (exact) mass is 678 g/mol. The van der Waals surface area contributed by atoms with E-state index in [9.17, 15) is 0 Å². The maximum atomic E-state index is 2.46. The van der Waals surface area contributed by atoms with Crippen LogP contribution in [0.3, 0.4) is 0 Å². The van der Waals surface area contributed by atoms with E-state index < -0.39 is 0 Å². The Kier molecular flexibility index (Phi) is 8.26. The lowest BCUT2D eigenvalue weighted by Gasteiger charge is -2.32. The molecule has 8 aromatic carbocycles. The van der Waals surface area contributed by atoms with Gasteiger partial charge in [-0.3, -0.25) is 0 Å². The Bertz CT molecular complexity index is 2340. The van der Waals surface area contributed by atoms with Gasteiger partial charge in [0.05, 0.1) is 22.7 Å². The fourth-order valence-electron chi connectivity index (χ4n) is 8.05. The van der Waals surface area contributed by atoms with E-state index in [2.05, 4.69) is 209 Å². The predicted octanol–water partition coefficient (Wildman–Crippen LogP) is 12.9. The molecule has 8 aromatic rings. The van der Waals surface area contributed by atoms with Crippen LogP contribution in [0.15, 0.2) is 133 Å². The van der Waals surface area contributed by atoms with E-state index in [1.54, 1.807) is 0 Å². The van der Waals surface area contributed by atoms with Crippen LogP contribution >= 0.6 is 0 Å². The second-order valence-electron chi connectivity index (χ2n) is 14.6. The molecule has 0 atom stereocenters. The van der Waals surface area contributed by atoms with Crippen LogP contribution in [-0.4, -0.2) is 28.2 Å². The summed E-state index contributed by atoms with van der Waals surface area (Å²) in [6, 6.07) is 49.6. The topological polar surface area (TPSA) is 13.0 Å². The molecule has 0 radical (unpaired) electrons. The summed E-state index contributed by atoms with van der Waals surface area (Å²) in [5.41, 5.74) is 14.4. The highest BCUT2D eigenvalue weighted by atomic mass is 15.2. The minimum absolute atomic E-state index is 1.14. The van der Waals surface area contributed by atoms with Gasteiger partial charge < -0.3 is 19.6 Å². The van der Waals surface area contributed by atoms with Gasteiger partial charge in [-0.1, -0.05) is 72.8 Å². The van der Waals surface area contributed by atoms with E-state index in [1.807, 2.05) is 0 Å². The molecule has 0 unspecified atom stereocenters. The number of anilines is 8. The molecule has 0 aliphatic rings. The Morgan fingerprint density at radius 1 is 0.327 bits per heavy atom. The molecule has 0 aliphatic heterocycles. The first-order valence-corrected chi connectivity index (χ1v) is 18.1. The van der Waals surface area contributed by atoms with Gasteiger partial charge in [0.25, 0.3) is 0 Å². The SMILES string of the molecule is Cc1cccc(C)c1N(c1ccc(N(C)C)cc1)c1ccc2ccc3c(N(c4ccc(N(C)C)cc4)c4c(C)cccc4C)ccc4ccc1c2c43. The van der Waals surface area contributed by atoms with E-state index in [-0.39, 0.29) is 0 Å². The van der Waals surface area contributed by atoms with Gasteiger partial charge in [-0.15, -0.1) is 0 Å². The smallest absolute Gasteiger partial charge is 0.0540 e. The van der Waals surface area contributed by atoms with Gasteiger partial charge in [0.15, 0.2) is 0 Å². The highest BCUT2D eigenvalue weighted by Gasteiger charge is 2.24.